The van der Waals surface area contributed by atoms with Crippen molar-refractivity contribution in [2.45, 2.75) is 13.5 Å². The first kappa shape index (κ1) is 24.9. The smallest absolute Gasteiger partial charge is 0.345 e. The van der Waals surface area contributed by atoms with Crippen LogP contribution in [0.2, 0.25) is 10.0 Å². The van der Waals surface area contributed by atoms with Gasteiger partial charge in [-0.15, -0.1) is 0 Å². The van der Waals surface area contributed by atoms with E-state index in [1.54, 1.807) is 18.2 Å². The van der Waals surface area contributed by atoms with E-state index in [1.807, 2.05) is 31.2 Å². The van der Waals surface area contributed by atoms with E-state index < -0.39 is 11.9 Å². The number of thioether (sulfide) groups is 1. The van der Waals surface area contributed by atoms with E-state index in [9.17, 15) is 14.4 Å². The lowest BCUT2D eigenvalue weighted by Crippen LogP contribution is -2.27. The Hall–Kier alpha value is -3.26. The Balaban J connectivity index is 1.64. The van der Waals surface area contributed by atoms with Gasteiger partial charge in [0.05, 0.1) is 29.1 Å². The number of benzene rings is 3. The van der Waals surface area contributed by atoms with Gasteiger partial charge >= 0.3 is 5.97 Å². The van der Waals surface area contributed by atoms with Gasteiger partial charge in [0.2, 0.25) is 0 Å². The molecule has 0 saturated carbocycles. The number of ether oxygens (including phenoxy) is 2. The summed E-state index contributed by atoms with van der Waals surface area (Å²) in [5, 5.41) is 0.140. The molecule has 6 nitrogen and oxygen atoms in total. The fraction of sp³-hybridized carbons (Fsp3) is 0.115. The second-order valence-electron chi connectivity index (χ2n) is 7.59. The summed E-state index contributed by atoms with van der Waals surface area (Å²) < 4.78 is 11.0. The van der Waals surface area contributed by atoms with E-state index in [4.69, 9.17) is 32.7 Å². The van der Waals surface area contributed by atoms with Crippen molar-refractivity contribution in [2.75, 3.05) is 7.11 Å². The predicted molar refractivity (Wildman–Crippen MR) is 137 cm³/mol. The minimum Gasteiger partial charge on any atom is -0.493 e. The third kappa shape index (κ3) is 5.37. The summed E-state index contributed by atoms with van der Waals surface area (Å²) in [6.45, 7) is 2.10. The fourth-order valence-electron chi connectivity index (χ4n) is 3.45. The number of hydrogen-bond acceptors (Lipinski definition) is 6. The molecule has 0 unspecified atom stereocenters. The Kier molecular flexibility index (Phi) is 7.50. The van der Waals surface area contributed by atoms with Crippen molar-refractivity contribution in [1.29, 1.82) is 0 Å². The Morgan fingerprint density at radius 2 is 1.83 bits per heavy atom. The maximum atomic E-state index is 13.1. The van der Waals surface area contributed by atoms with Crippen molar-refractivity contribution in [2.24, 2.45) is 0 Å². The number of methoxy groups -OCH3 is 1. The van der Waals surface area contributed by atoms with Crippen LogP contribution in [-0.4, -0.2) is 29.1 Å². The Labute approximate surface area is 216 Å². The molecule has 0 atom stereocenters. The van der Waals surface area contributed by atoms with Crippen LogP contribution >= 0.6 is 35.0 Å². The zero-order valence-corrected chi connectivity index (χ0v) is 21.0. The van der Waals surface area contributed by atoms with E-state index in [0.29, 0.717) is 10.6 Å². The highest BCUT2D eigenvalue weighted by atomic mass is 35.5. The summed E-state index contributed by atoms with van der Waals surface area (Å²) in [6, 6.07) is 16.9. The van der Waals surface area contributed by atoms with Crippen molar-refractivity contribution in [3.8, 4) is 11.5 Å². The van der Waals surface area contributed by atoms with Crippen molar-refractivity contribution in [1.82, 2.24) is 4.90 Å². The molecule has 1 heterocycles. The SMILES string of the molecule is COc1cccc(/C=C2\SC(=O)N(Cc3ccccc3C)C2=O)c1OC(=O)c1ccc(Cl)cc1Cl. The molecule has 1 aliphatic rings. The molecule has 178 valence electrons. The van der Waals surface area contributed by atoms with Gasteiger partial charge < -0.3 is 9.47 Å². The van der Waals surface area contributed by atoms with Crippen LogP contribution in [0, 0.1) is 6.92 Å². The molecule has 1 saturated heterocycles. The summed E-state index contributed by atoms with van der Waals surface area (Å²) in [4.78, 5) is 39.9. The lowest BCUT2D eigenvalue weighted by molar-refractivity contribution is -0.123. The number of amides is 2. The third-order valence-electron chi connectivity index (χ3n) is 5.32. The van der Waals surface area contributed by atoms with Crippen molar-refractivity contribution in [3.05, 3.63) is 97.9 Å². The zero-order valence-electron chi connectivity index (χ0n) is 18.7. The Bertz CT molecular complexity index is 1370. The van der Waals surface area contributed by atoms with Crippen LogP contribution in [-0.2, 0) is 11.3 Å². The number of nitrogens with zero attached hydrogens (tertiary/aromatic N) is 1. The van der Waals surface area contributed by atoms with Gasteiger partial charge in [0.25, 0.3) is 11.1 Å². The largest absolute Gasteiger partial charge is 0.493 e. The number of halogens is 2. The van der Waals surface area contributed by atoms with Crippen LogP contribution in [0.15, 0.2) is 65.6 Å². The molecule has 0 bridgehead atoms. The first-order valence-electron chi connectivity index (χ1n) is 10.4. The van der Waals surface area contributed by atoms with Crippen LogP contribution in [0.5, 0.6) is 11.5 Å². The summed E-state index contributed by atoms with van der Waals surface area (Å²) in [5.74, 6) is -0.782. The molecular weight excluding hydrogens is 509 g/mol. The van der Waals surface area contributed by atoms with Gasteiger partial charge in [-0.25, -0.2) is 4.79 Å². The molecule has 3 aromatic rings. The molecular formula is C26H19Cl2NO5S. The van der Waals surface area contributed by atoms with E-state index >= 15 is 0 Å². The number of para-hydroxylation sites is 1. The highest BCUT2D eigenvalue weighted by Crippen LogP contribution is 2.38. The Morgan fingerprint density at radius 3 is 2.54 bits per heavy atom. The molecule has 0 aliphatic carbocycles. The lowest BCUT2D eigenvalue weighted by Gasteiger charge is -2.14. The minimum atomic E-state index is -0.724. The molecule has 2 amide bonds. The van der Waals surface area contributed by atoms with Gasteiger partial charge in [-0.05, 0) is 60.2 Å². The van der Waals surface area contributed by atoms with E-state index in [-0.39, 0.29) is 38.8 Å². The molecule has 1 fully saturated rings. The number of esters is 1. The third-order valence-corrected chi connectivity index (χ3v) is 6.78. The van der Waals surface area contributed by atoms with Gasteiger partial charge in [0.15, 0.2) is 11.5 Å². The van der Waals surface area contributed by atoms with E-state index in [1.165, 1.54) is 36.3 Å². The van der Waals surface area contributed by atoms with Gasteiger partial charge in [-0.3, -0.25) is 14.5 Å². The second-order valence-corrected chi connectivity index (χ2v) is 9.42. The number of hydrogen-bond donors (Lipinski definition) is 0. The normalized spacial score (nSPS) is 14.5. The molecule has 0 radical (unpaired) electrons. The number of imide groups is 1. The van der Waals surface area contributed by atoms with Gasteiger partial charge in [0, 0.05) is 10.6 Å². The molecule has 4 rings (SSSR count). The molecule has 0 spiro atoms. The van der Waals surface area contributed by atoms with Crippen LogP contribution in [0.4, 0.5) is 4.79 Å². The maximum Gasteiger partial charge on any atom is 0.345 e. The summed E-state index contributed by atoms with van der Waals surface area (Å²) in [5.41, 5.74) is 2.38. The van der Waals surface area contributed by atoms with Crippen LogP contribution in [0.3, 0.4) is 0 Å². The zero-order chi connectivity index (χ0) is 25.1. The molecule has 0 N–H and O–H groups in total. The summed E-state index contributed by atoms with van der Waals surface area (Å²) in [6.07, 6.45) is 1.51. The monoisotopic (exact) mass is 527 g/mol. The number of carbonyl (C=O) groups excluding carboxylic acids is 3. The second kappa shape index (κ2) is 10.6. The van der Waals surface area contributed by atoms with Crippen molar-refractivity contribution >= 4 is 58.2 Å². The first-order valence-corrected chi connectivity index (χ1v) is 12.0. The van der Waals surface area contributed by atoms with Crippen LogP contribution in [0.1, 0.15) is 27.0 Å². The number of rotatable bonds is 6. The van der Waals surface area contributed by atoms with Gasteiger partial charge in [0.1, 0.15) is 0 Å². The van der Waals surface area contributed by atoms with E-state index in [2.05, 4.69) is 0 Å². The van der Waals surface area contributed by atoms with Crippen molar-refractivity contribution < 1.29 is 23.9 Å². The first-order chi connectivity index (χ1) is 16.8. The minimum absolute atomic E-state index is 0.0942. The fourth-order valence-corrected chi connectivity index (χ4v) is 4.77. The molecule has 0 aromatic heterocycles. The standard InChI is InChI=1S/C26H19Cl2NO5S/c1-15-6-3-4-7-17(15)14-29-24(30)22(35-26(29)32)12-16-8-5-9-21(33-2)23(16)34-25(31)19-11-10-18(27)13-20(19)28/h3-13H,14H2,1-2H3/b22-12-. The maximum absolute atomic E-state index is 13.1. The average Bonchev–Trinajstić information content (AvgIpc) is 3.08. The van der Waals surface area contributed by atoms with Crippen molar-refractivity contribution in [3.63, 3.8) is 0 Å². The Morgan fingerprint density at radius 1 is 1.06 bits per heavy atom. The molecule has 3 aromatic carbocycles. The van der Waals surface area contributed by atoms with Gasteiger partial charge in [-0.1, -0.05) is 59.6 Å². The highest BCUT2D eigenvalue weighted by Gasteiger charge is 2.35. The topological polar surface area (TPSA) is 72.9 Å². The predicted octanol–water partition coefficient (Wildman–Crippen LogP) is 6.77. The molecule has 35 heavy (non-hydrogen) atoms. The lowest BCUT2D eigenvalue weighted by atomic mass is 10.1. The highest BCUT2D eigenvalue weighted by molar-refractivity contribution is 8.18. The van der Waals surface area contributed by atoms with E-state index in [0.717, 1.165) is 22.9 Å². The number of carbonyl (C=O) groups is 3. The van der Waals surface area contributed by atoms with Crippen LogP contribution in [0.25, 0.3) is 6.08 Å². The summed E-state index contributed by atoms with van der Waals surface area (Å²) >= 11 is 12.9. The number of aryl methyl sites for hydroxylation is 1. The quantitative estimate of drug-likeness (QED) is 0.200. The van der Waals surface area contributed by atoms with Crippen LogP contribution < -0.4 is 9.47 Å². The van der Waals surface area contributed by atoms with Gasteiger partial charge in [-0.2, -0.15) is 0 Å². The molecule has 1 aliphatic heterocycles. The summed E-state index contributed by atoms with van der Waals surface area (Å²) in [7, 11) is 1.43. The molecule has 9 heteroatoms. The average molecular weight is 528 g/mol.